The Hall–Kier alpha value is -4.81. The molecule has 0 spiro atoms. The van der Waals surface area contributed by atoms with Gasteiger partial charge in [0.1, 0.15) is 11.4 Å². The second-order valence-corrected chi connectivity index (χ2v) is 16.3. The summed E-state index contributed by atoms with van der Waals surface area (Å²) in [6.07, 6.45) is 3.20. The van der Waals surface area contributed by atoms with Crippen LogP contribution in [0.1, 0.15) is 68.3 Å². The Bertz CT molecular complexity index is 2540. The van der Waals surface area contributed by atoms with Crippen molar-refractivity contribution in [3.05, 3.63) is 98.0 Å². The first-order chi connectivity index (χ1) is 27.3. The van der Waals surface area contributed by atoms with Crippen molar-refractivity contribution in [3.63, 3.8) is 0 Å². The van der Waals surface area contributed by atoms with E-state index >= 15 is 4.79 Å². The lowest BCUT2D eigenvalue weighted by Gasteiger charge is -2.35. The second-order valence-electron chi connectivity index (χ2n) is 15.5. The number of nitrogens with zero attached hydrogens (tertiary/aromatic N) is 6. The summed E-state index contributed by atoms with van der Waals surface area (Å²) in [7, 11) is 1.93. The molecule has 5 heterocycles. The van der Waals surface area contributed by atoms with Crippen molar-refractivity contribution in [1.82, 2.24) is 23.8 Å². The van der Waals surface area contributed by atoms with Gasteiger partial charge in [-0.25, -0.2) is 4.79 Å². The number of carbonyl (C=O) groups excluding carboxylic acids is 1. The van der Waals surface area contributed by atoms with E-state index in [0.29, 0.717) is 62.2 Å². The molecule has 6 aromatic rings. The molecule has 11 nitrogen and oxygen atoms in total. The monoisotopic (exact) mass is 810 g/mol. The molecule has 3 aromatic heterocycles. The molecule has 0 saturated carbocycles. The highest BCUT2D eigenvalue weighted by Crippen LogP contribution is 2.46. The Morgan fingerprint density at radius 3 is 2.40 bits per heavy atom. The van der Waals surface area contributed by atoms with Gasteiger partial charge in [0.2, 0.25) is 0 Å². The van der Waals surface area contributed by atoms with Gasteiger partial charge < -0.3 is 28.6 Å². The third-order valence-electron chi connectivity index (χ3n) is 11.7. The first-order valence-corrected chi connectivity index (χ1v) is 20.3. The number of aromatic nitrogens is 4. The van der Waals surface area contributed by atoms with Gasteiger partial charge in [0.05, 0.1) is 52.8 Å². The topological polar surface area (TPSA) is 107 Å². The number of rotatable bonds is 11. The molecule has 2 aliphatic rings. The van der Waals surface area contributed by atoms with Gasteiger partial charge in [-0.3, -0.25) is 14.4 Å². The van der Waals surface area contributed by atoms with Gasteiger partial charge in [0.15, 0.2) is 0 Å². The standard InChI is InChI=1S/C44H48Cl2N6O5/c1-25-20-31(21-26(2)40(25)46)57-17-7-8-32-33-9-10-35(45)39(38-28(4)47-48(6)29(38)5)41(33)52-27(3)24-51(43(53)42(32)52)37-23-30(44(54)55)22-36-34(37)11-12-50(36)14-13-49-15-18-56-19-16-49/h9-12,20-23,27H,7-8,13-19,24H2,1-6H3,(H,54,55)/t27-/m1/s1. The van der Waals surface area contributed by atoms with Crippen LogP contribution in [0.5, 0.6) is 5.75 Å². The van der Waals surface area contributed by atoms with Gasteiger partial charge in [-0.15, -0.1) is 0 Å². The fourth-order valence-electron chi connectivity index (χ4n) is 8.83. The van der Waals surface area contributed by atoms with Crippen molar-refractivity contribution in [1.29, 1.82) is 0 Å². The maximum absolute atomic E-state index is 15.3. The van der Waals surface area contributed by atoms with E-state index in [-0.39, 0.29) is 17.5 Å². The van der Waals surface area contributed by atoms with Crippen LogP contribution in [0.4, 0.5) is 5.69 Å². The average Bonchev–Trinajstić information content (AvgIpc) is 3.83. The average molecular weight is 812 g/mol. The zero-order chi connectivity index (χ0) is 40.3. The van der Waals surface area contributed by atoms with Crippen molar-refractivity contribution in [3.8, 4) is 16.9 Å². The number of anilines is 1. The van der Waals surface area contributed by atoms with E-state index in [0.717, 1.165) is 91.4 Å². The third-order valence-corrected chi connectivity index (χ3v) is 12.6. The number of hydrogen-bond donors (Lipinski definition) is 1. The Labute approximate surface area is 342 Å². The van der Waals surface area contributed by atoms with Crippen molar-refractivity contribution < 1.29 is 24.2 Å². The number of morpholine rings is 1. The molecule has 1 amide bonds. The number of hydrogen-bond acceptors (Lipinski definition) is 6. The van der Waals surface area contributed by atoms with Crippen molar-refractivity contribution >= 4 is 62.6 Å². The number of halogens is 2. The molecule has 0 unspecified atom stereocenters. The fourth-order valence-corrected chi connectivity index (χ4v) is 9.19. The number of carboxylic acid groups (broad SMARTS) is 1. The minimum absolute atomic E-state index is 0.136. The summed E-state index contributed by atoms with van der Waals surface area (Å²) in [5.41, 5.74) is 9.43. The lowest BCUT2D eigenvalue weighted by Crippen LogP contribution is -2.43. The number of aromatic carboxylic acids is 1. The maximum Gasteiger partial charge on any atom is 0.335 e. The number of fused-ring (bicyclic) bond motifs is 4. The SMILES string of the molecule is Cc1cc(OCCCc2c3n(c4c(-c5c(C)nn(C)c5C)c(Cl)ccc24)[C@H](C)CN(c2cc(C(=O)O)cc4c2ccn4CCN2CCOCC2)C3=O)cc(C)c1Cl. The van der Waals surface area contributed by atoms with E-state index in [1.165, 1.54) is 0 Å². The van der Waals surface area contributed by atoms with Gasteiger partial charge in [0.25, 0.3) is 5.91 Å². The van der Waals surface area contributed by atoms with Gasteiger partial charge in [-0.2, -0.15) is 5.10 Å². The smallest absolute Gasteiger partial charge is 0.335 e. The number of aryl methyl sites for hydroxylation is 5. The highest BCUT2D eigenvalue weighted by atomic mass is 35.5. The van der Waals surface area contributed by atoms with Crippen molar-refractivity contribution in [2.45, 2.75) is 60.0 Å². The highest BCUT2D eigenvalue weighted by molar-refractivity contribution is 6.35. The van der Waals surface area contributed by atoms with E-state index in [9.17, 15) is 9.90 Å². The summed E-state index contributed by atoms with van der Waals surface area (Å²) < 4.78 is 17.9. The third kappa shape index (κ3) is 6.98. The lowest BCUT2D eigenvalue weighted by atomic mass is 9.98. The molecule has 0 bridgehead atoms. The normalized spacial score (nSPS) is 16.2. The quantitative estimate of drug-likeness (QED) is 0.130. The predicted molar refractivity (Wildman–Crippen MR) is 226 cm³/mol. The Morgan fingerprint density at radius 2 is 1.72 bits per heavy atom. The van der Waals surface area contributed by atoms with Crippen LogP contribution < -0.4 is 9.64 Å². The summed E-state index contributed by atoms with van der Waals surface area (Å²) in [5.74, 6) is -0.473. The van der Waals surface area contributed by atoms with E-state index in [1.807, 2.05) is 76.0 Å². The number of carbonyl (C=O) groups is 2. The minimum atomic E-state index is -1.04. The molecular weight excluding hydrogens is 763 g/mol. The van der Waals surface area contributed by atoms with Crippen LogP contribution in [0.2, 0.25) is 10.0 Å². The summed E-state index contributed by atoms with van der Waals surface area (Å²) in [4.78, 5) is 32.0. The Kier molecular flexibility index (Phi) is 10.6. The largest absolute Gasteiger partial charge is 0.494 e. The van der Waals surface area contributed by atoms with Crippen LogP contribution >= 0.6 is 23.2 Å². The van der Waals surface area contributed by atoms with Gasteiger partial charge >= 0.3 is 5.97 Å². The molecule has 1 fully saturated rings. The van der Waals surface area contributed by atoms with Gasteiger partial charge in [-0.05, 0) is 101 Å². The molecule has 0 aliphatic carbocycles. The van der Waals surface area contributed by atoms with Crippen LogP contribution in [0, 0.1) is 27.7 Å². The van der Waals surface area contributed by atoms with Crippen molar-refractivity contribution in [2.75, 3.05) is 50.9 Å². The molecule has 1 N–H and O–H groups in total. The van der Waals surface area contributed by atoms with Crippen LogP contribution in [0.15, 0.2) is 48.7 Å². The van der Waals surface area contributed by atoms with Crippen LogP contribution in [0.25, 0.3) is 32.9 Å². The summed E-state index contributed by atoms with van der Waals surface area (Å²) >= 11 is 13.6. The molecular formula is C44H48Cl2N6O5. The molecule has 2 aliphatic heterocycles. The van der Waals surface area contributed by atoms with E-state index < -0.39 is 5.97 Å². The predicted octanol–water partition coefficient (Wildman–Crippen LogP) is 8.80. The second kappa shape index (κ2) is 15.5. The van der Waals surface area contributed by atoms with E-state index in [2.05, 4.69) is 21.0 Å². The van der Waals surface area contributed by atoms with Crippen LogP contribution in [0.3, 0.4) is 0 Å². The number of ether oxygens (including phenoxy) is 2. The molecule has 57 heavy (non-hydrogen) atoms. The molecule has 1 saturated heterocycles. The van der Waals surface area contributed by atoms with Crippen LogP contribution in [-0.2, 0) is 24.8 Å². The number of benzene rings is 3. The number of carboxylic acids is 1. The maximum atomic E-state index is 15.3. The zero-order valence-electron chi connectivity index (χ0n) is 33.3. The van der Waals surface area contributed by atoms with E-state index in [1.54, 1.807) is 17.0 Å². The Morgan fingerprint density at radius 1 is 0.982 bits per heavy atom. The number of amides is 1. The van der Waals surface area contributed by atoms with Crippen LogP contribution in [-0.4, -0.2) is 86.8 Å². The first kappa shape index (κ1) is 39.0. The lowest BCUT2D eigenvalue weighted by molar-refractivity contribution is 0.0365. The fraction of sp³-hybridized carbons (Fsp3) is 0.386. The van der Waals surface area contributed by atoms with Gasteiger partial charge in [0, 0.05) is 84.6 Å². The zero-order valence-corrected chi connectivity index (χ0v) is 34.8. The first-order valence-electron chi connectivity index (χ1n) is 19.6. The van der Waals surface area contributed by atoms with E-state index in [4.69, 9.17) is 37.8 Å². The summed E-state index contributed by atoms with van der Waals surface area (Å²) in [6.45, 7) is 15.5. The van der Waals surface area contributed by atoms with Gasteiger partial charge in [-0.1, -0.05) is 29.3 Å². The Balaban J connectivity index is 1.23. The summed E-state index contributed by atoms with van der Waals surface area (Å²) in [5, 5.41) is 18.2. The molecule has 13 heteroatoms. The molecule has 3 aromatic carbocycles. The molecule has 0 radical (unpaired) electrons. The minimum Gasteiger partial charge on any atom is -0.494 e. The molecule has 298 valence electrons. The molecule has 8 rings (SSSR count). The highest BCUT2D eigenvalue weighted by Gasteiger charge is 2.37. The summed E-state index contributed by atoms with van der Waals surface area (Å²) in [6, 6.07) is 13.0. The van der Waals surface area contributed by atoms with Crippen molar-refractivity contribution in [2.24, 2.45) is 7.05 Å². The molecule has 1 atom stereocenters.